The molecule has 0 fully saturated rings. The SMILES string of the molecule is N#Cc1cc(Cl)c(C(=O)N[C@H](Cc2ccc(OCCCc3ccc4c(n3)NCCC4)cc2)C(=O)O)c(Cl)c1. The van der Waals surface area contributed by atoms with Crippen LogP contribution in [0.2, 0.25) is 10.0 Å². The number of ether oxygens (including phenoxy) is 1. The Bertz CT molecular complexity index is 1350. The molecule has 0 unspecified atom stereocenters. The second kappa shape index (κ2) is 12.6. The average molecular weight is 553 g/mol. The molecule has 2 heterocycles. The lowest BCUT2D eigenvalue weighted by Crippen LogP contribution is -2.42. The van der Waals surface area contributed by atoms with Gasteiger partial charge in [0, 0.05) is 18.7 Å². The summed E-state index contributed by atoms with van der Waals surface area (Å²) in [5.74, 6) is -0.281. The van der Waals surface area contributed by atoms with Gasteiger partial charge in [0.25, 0.3) is 5.91 Å². The molecule has 0 bridgehead atoms. The van der Waals surface area contributed by atoms with E-state index in [1.54, 1.807) is 24.3 Å². The van der Waals surface area contributed by atoms with Gasteiger partial charge in [0.15, 0.2) is 0 Å². The number of carbonyl (C=O) groups excluding carboxylic acids is 1. The van der Waals surface area contributed by atoms with Gasteiger partial charge in [-0.3, -0.25) is 4.79 Å². The summed E-state index contributed by atoms with van der Waals surface area (Å²) in [4.78, 5) is 29.2. The summed E-state index contributed by atoms with van der Waals surface area (Å²) >= 11 is 12.2. The Hall–Kier alpha value is -3.80. The van der Waals surface area contributed by atoms with Crippen molar-refractivity contribution < 1.29 is 19.4 Å². The molecular formula is C28H26Cl2N4O4. The number of fused-ring (bicyclic) bond motifs is 1. The number of hydrogen-bond acceptors (Lipinski definition) is 6. The van der Waals surface area contributed by atoms with Gasteiger partial charge in [-0.25, -0.2) is 9.78 Å². The van der Waals surface area contributed by atoms with E-state index < -0.39 is 17.9 Å². The Morgan fingerprint density at radius 3 is 2.58 bits per heavy atom. The van der Waals surface area contributed by atoms with Gasteiger partial charge in [-0.05, 0) is 67.1 Å². The van der Waals surface area contributed by atoms with E-state index in [9.17, 15) is 14.7 Å². The van der Waals surface area contributed by atoms with E-state index in [1.165, 1.54) is 17.7 Å². The number of benzene rings is 2. The zero-order chi connectivity index (χ0) is 27.1. The van der Waals surface area contributed by atoms with Gasteiger partial charge in [-0.2, -0.15) is 5.26 Å². The molecule has 10 heteroatoms. The summed E-state index contributed by atoms with van der Waals surface area (Å²) in [5, 5.41) is 24.4. The minimum Gasteiger partial charge on any atom is -0.494 e. The smallest absolute Gasteiger partial charge is 0.326 e. The van der Waals surface area contributed by atoms with Crippen LogP contribution in [0.25, 0.3) is 0 Å². The number of halogens is 2. The number of rotatable bonds is 10. The summed E-state index contributed by atoms with van der Waals surface area (Å²) in [6.45, 7) is 1.48. The predicted octanol–water partition coefficient (Wildman–Crippen LogP) is 5.06. The van der Waals surface area contributed by atoms with Gasteiger partial charge in [-0.1, -0.05) is 41.4 Å². The van der Waals surface area contributed by atoms with Crippen LogP contribution in [-0.4, -0.2) is 41.2 Å². The molecule has 3 aromatic rings. The van der Waals surface area contributed by atoms with Crippen molar-refractivity contribution in [2.24, 2.45) is 0 Å². The normalized spacial score (nSPS) is 13.0. The number of aliphatic carboxylic acids is 1. The van der Waals surface area contributed by atoms with Crippen LogP contribution in [0.4, 0.5) is 5.82 Å². The van der Waals surface area contributed by atoms with Crippen LogP contribution in [0.1, 0.15) is 45.6 Å². The van der Waals surface area contributed by atoms with Crippen LogP contribution in [-0.2, 0) is 24.1 Å². The van der Waals surface area contributed by atoms with Crippen LogP contribution >= 0.6 is 23.2 Å². The number of nitrogens with one attached hydrogen (secondary N) is 2. The molecular weight excluding hydrogens is 527 g/mol. The summed E-state index contributed by atoms with van der Waals surface area (Å²) < 4.78 is 5.83. The second-order valence-corrected chi connectivity index (χ2v) is 9.75. The number of carboxylic acids is 1. The Balaban J connectivity index is 1.29. The number of amides is 1. The van der Waals surface area contributed by atoms with Crippen LogP contribution in [0, 0.1) is 11.3 Å². The highest BCUT2D eigenvalue weighted by Gasteiger charge is 2.24. The first kappa shape index (κ1) is 27.2. The summed E-state index contributed by atoms with van der Waals surface area (Å²) in [5.41, 5.74) is 3.11. The molecule has 3 N–H and O–H groups in total. The highest BCUT2D eigenvalue weighted by Crippen LogP contribution is 2.27. The Labute approximate surface area is 230 Å². The first-order valence-corrected chi connectivity index (χ1v) is 13.0. The molecule has 1 aromatic heterocycles. The molecule has 1 amide bonds. The number of nitriles is 1. The molecule has 2 aromatic carbocycles. The van der Waals surface area contributed by atoms with Gasteiger partial charge in [-0.15, -0.1) is 0 Å². The summed E-state index contributed by atoms with van der Waals surface area (Å²) in [6.07, 6.45) is 3.86. The quantitative estimate of drug-likeness (QED) is 0.300. The molecule has 0 radical (unpaired) electrons. The number of pyridine rings is 1. The molecule has 8 nitrogen and oxygen atoms in total. The molecule has 4 rings (SSSR count). The summed E-state index contributed by atoms with van der Waals surface area (Å²) in [7, 11) is 0. The van der Waals surface area contributed by atoms with E-state index in [1.807, 2.05) is 6.07 Å². The maximum absolute atomic E-state index is 12.7. The zero-order valence-electron chi connectivity index (χ0n) is 20.5. The van der Waals surface area contributed by atoms with Gasteiger partial charge in [0.2, 0.25) is 0 Å². The maximum Gasteiger partial charge on any atom is 0.326 e. The molecule has 0 saturated carbocycles. The monoisotopic (exact) mass is 552 g/mol. The van der Waals surface area contributed by atoms with Crippen LogP contribution in [0.15, 0.2) is 48.5 Å². The lowest BCUT2D eigenvalue weighted by Gasteiger charge is -2.17. The van der Waals surface area contributed by atoms with E-state index in [0.717, 1.165) is 43.7 Å². The predicted molar refractivity (Wildman–Crippen MR) is 145 cm³/mol. The fraction of sp³-hybridized carbons (Fsp3) is 0.286. The molecule has 1 aliphatic rings. The molecule has 196 valence electrons. The fourth-order valence-electron chi connectivity index (χ4n) is 4.19. The van der Waals surface area contributed by atoms with Crippen molar-refractivity contribution in [1.29, 1.82) is 5.26 Å². The molecule has 38 heavy (non-hydrogen) atoms. The van der Waals surface area contributed by atoms with Crippen molar-refractivity contribution in [3.05, 3.63) is 86.5 Å². The average Bonchev–Trinajstić information content (AvgIpc) is 2.91. The van der Waals surface area contributed by atoms with Gasteiger partial charge in [0.1, 0.15) is 17.6 Å². The van der Waals surface area contributed by atoms with Gasteiger partial charge in [0.05, 0.1) is 33.8 Å². The number of carbonyl (C=O) groups is 2. The standard InChI is InChI=1S/C28H26Cl2N4O4/c29-22-13-18(16-31)14-23(30)25(22)27(35)34-24(28(36)37)15-17-5-9-21(10-6-17)38-12-2-4-20-8-7-19-3-1-11-32-26(19)33-20/h5-10,13-14,24H,1-4,11-12,15H2,(H,32,33)(H,34,35)(H,36,37)/t24-/m1/s1. The van der Waals surface area contributed by atoms with Gasteiger partial charge < -0.3 is 20.5 Å². The molecule has 0 aliphatic carbocycles. The van der Waals surface area contributed by atoms with Crippen molar-refractivity contribution in [3.8, 4) is 11.8 Å². The number of nitrogens with zero attached hydrogens (tertiary/aromatic N) is 2. The van der Waals surface area contributed by atoms with E-state index >= 15 is 0 Å². The largest absolute Gasteiger partial charge is 0.494 e. The maximum atomic E-state index is 12.7. The minimum atomic E-state index is -1.21. The number of hydrogen-bond donors (Lipinski definition) is 3. The highest BCUT2D eigenvalue weighted by atomic mass is 35.5. The van der Waals surface area contributed by atoms with Crippen molar-refractivity contribution in [3.63, 3.8) is 0 Å². The molecule has 1 atom stereocenters. The molecule has 1 aliphatic heterocycles. The zero-order valence-corrected chi connectivity index (χ0v) is 22.0. The Morgan fingerprint density at radius 1 is 1.16 bits per heavy atom. The van der Waals surface area contributed by atoms with E-state index in [-0.39, 0.29) is 27.6 Å². The Kier molecular flexibility index (Phi) is 9.06. The number of aryl methyl sites for hydroxylation is 2. The van der Waals surface area contributed by atoms with E-state index in [4.69, 9.17) is 38.2 Å². The first-order chi connectivity index (χ1) is 18.3. The third-order valence-corrected chi connectivity index (χ3v) is 6.76. The van der Waals surface area contributed by atoms with E-state index in [0.29, 0.717) is 17.9 Å². The lowest BCUT2D eigenvalue weighted by molar-refractivity contribution is -0.139. The third kappa shape index (κ3) is 6.94. The highest BCUT2D eigenvalue weighted by molar-refractivity contribution is 6.39. The van der Waals surface area contributed by atoms with E-state index in [2.05, 4.69) is 22.8 Å². The van der Waals surface area contributed by atoms with Crippen molar-refractivity contribution in [2.75, 3.05) is 18.5 Å². The second-order valence-electron chi connectivity index (χ2n) is 8.93. The Morgan fingerprint density at radius 2 is 1.89 bits per heavy atom. The van der Waals surface area contributed by atoms with Crippen molar-refractivity contribution >= 4 is 40.9 Å². The minimum absolute atomic E-state index is 0.0312. The number of anilines is 1. The van der Waals surface area contributed by atoms with Crippen molar-refractivity contribution in [1.82, 2.24) is 10.3 Å². The first-order valence-electron chi connectivity index (χ1n) is 12.2. The van der Waals surface area contributed by atoms with Gasteiger partial charge >= 0.3 is 5.97 Å². The fourth-order valence-corrected chi connectivity index (χ4v) is 4.85. The lowest BCUT2D eigenvalue weighted by atomic mass is 10.0. The molecule has 0 spiro atoms. The number of aromatic nitrogens is 1. The van der Waals surface area contributed by atoms with Crippen LogP contribution < -0.4 is 15.4 Å². The number of carboxylic acid groups (broad SMARTS) is 1. The van der Waals surface area contributed by atoms with Crippen LogP contribution in [0.3, 0.4) is 0 Å². The van der Waals surface area contributed by atoms with Crippen molar-refractivity contribution in [2.45, 2.75) is 38.1 Å². The third-order valence-electron chi connectivity index (χ3n) is 6.16. The van der Waals surface area contributed by atoms with Crippen LogP contribution in [0.5, 0.6) is 5.75 Å². The molecule has 0 saturated heterocycles. The summed E-state index contributed by atoms with van der Waals surface area (Å²) in [6, 6.07) is 14.6. The topological polar surface area (TPSA) is 124 Å².